The average Bonchev–Trinajstić information content (AvgIpc) is 1.98. The van der Waals surface area contributed by atoms with Gasteiger partial charge < -0.3 is 5.11 Å². The number of halogens is 3. The van der Waals surface area contributed by atoms with Crippen molar-refractivity contribution in [3.8, 4) is 6.07 Å². The van der Waals surface area contributed by atoms with E-state index in [1.807, 2.05) is 0 Å². The van der Waals surface area contributed by atoms with Crippen LogP contribution in [0.5, 0.6) is 0 Å². The van der Waals surface area contributed by atoms with Crippen LogP contribution in [0.2, 0.25) is 0 Å². The Kier molecular flexibility index (Phi) is 3.19. The Hall–Kier alpha value is -1.29. The number of hydrogen-bond acceptors (Lipinski definition) is 3. The molecule has 1 fully saturated rings. The summed E-state index contributed by atoms with van der Waals surface area (Å²) in [6.07, 6.45) is -4.54. The van der Waals surface area contributed by atoms with E-state index in [2.05, 4.69) is 0 Å². The fourth-order valence-corrected chi connectivity index (χ4v) is 1.35. The quantitative estimate of drug-likeness (QED) is 0.763. The second-order valence-corrected chi connectivity index (χ2v) is 3.48. The van der Waals surface area contributed by atoms with Gasteiger partial charge in [0.2, 0.25) is 0 Å². The van der Waals surface area contributed by atoms with E-state index in [4.69, 9.17) is 10.4 Å². The van der Waals surface area contributed by atoms with Crippen LogP contribution in [0.3, 0.4) is 0 Å². The smallest absolute Gasteiger partial charge is 0.405 e. The van der Waals surface area contributed by atoms with E-state index < -0.39 is 30.5 Å². The van der Waals surface area contributed by atoms with Crippen molar-refractivity contribution in [2.24, 2.45) is 11.8 Å². The van der Waals surface area contributed by atoms with E-state index >= 15 is 0 Å². The first-order chi connectivity index (χ1) is 6.84. The highest BCUT2D eigenvalue weighted by atomic mass is 19.4. The molecule has 84 valence electrons. The Morgan fingerprint density at radius 3 is 2.47 bits per heavy atom. The molecular formula is C8H9F3N2O2. The van der Waals surface area contributed by atoms with Gasteiger partial charge in [0.1, 0.15) is 0 Å². The van der Waals surface area contributed by atoms with Gasteiger partial charge in [0, 0.05) is 19.6 Å². The van der Waals surface area contributed by atoms with Crippen molar-refractivity contribution in [1.29, 1.82) is 5.26 Å². The number of carboxylic acid groups (broad SMARTS) is 1. The Labute approximate surface area is 83.9 Å². The molecule has 15 heavy (non-hydrogen) atoms. The van der Waals surface area contributed by atoms with Crippen molar-refractivity contribution in [2.75, 3.05) is 19.6 Å². The van der Waals surface area contributed by atoms with Crippen molar-refractivity contribution >= 4 is 5.97 Å². The fourth-order valence-electron chi connectivity index (χ4n) is 1.35. The highest BCUT2D eigenvalue weighted by Gasteiger charge is 2.43. The Morgan fingerprint density at radius 1 is 1.60 bits per heavy atom. The monoisotopic (exact) mass is 222 g/mol. The largest absolute Gasteiger partial charge is 0.481 e. The molecule has 1 aliphatic heterocycles. The number of alkyl halides is 3. The van der Waals surface area contributed by atoms with Crippen molar-refractivity contribution in [3.63, 3.8) is 0 Å². The molecule has 0 aromatic carbocycles. The van der Waals surface area contributed by atoms with Gasteiger partial charge in [0.15, 0.2) is 5.92 Å². The number of hydrogen-bond donors (Lipinski definition) is 1. The van der Waals surface area contributed by atoms with Gasteiger partial charge in [-0.15, -0.1) is 0 Å². The van der Waals surface area contributed by atoms with Gasteiger partial charge in [-0.05, 0) is 0 Å². The maximum absolute atomic E-state index is 12.1. The van der Waals surface area contributed by atoms with Crippen LogP contribution in [-0.4, -0.2) is 41.8 Å². The highest BCUT2D eigenvalue weighted by molar-refractivity contribution is 5.71. The molecule has 0 amide bonds. The number of likely N-dealkylation sites (tertiary alicyclic amines) is 1. The predicted octanol–water partition coefficient (Wildman–Crippen LogP) is 0.705. The van der Waals surface area contributed by atoms with Crippen LogP contribution < -0.4 is 0 Å². The molecule has 4 nitrogen and oxygen atoms in total. The summed E-state index contributed by atoms with van der Waals surface area (Å²) in [5, 5.41) is 16.8. The van der Waals surface area contributed by atoms with E-state index in [0.717, 1.165) is 0 Å². The summed E-state index contributed by atoms with van der Waals surface area (Å²) in [5.74, 6) is -3.64. The Bertz CT molecular complexity index is 291. The molecule has 1 saturated heterocycles. The molecule has 1 N–H and O–H groups in total. The van der Waals surface area contributed by atoms with Gasteiger partial charge in [-0.3, -0.25) is 9.69 Å². The van der Waals surface area contributed by atoms with Gasteiger partial charge in [0.05, 0.1) is 12.0 Å². The zero-order valence-electron chi connectivity index (χ0n) is 7.66. The van der Waals surface area contributed by atoms with E-state index in [1.54, 1.807) is 0 Å². The minimum absolute atomic E-state index is 0.0869. The Balaban J connectivity index is 2.39. The molecule has 0 aliphatic carbocycles. The number of rotatable bonds is 3. The van der Waals surface area contributed by atoms with Crippen molar-refractivity contribution in [2.45, 2.75) is 6.18 Å². The first kappa shape index (κ1) is 11.8. The van der Waals surface area contributed by atoms with Gasteiger partial charge in [-0.1, -0.05) is 0 Å². The lowest BCUT2D eigenvalue weighted by Gasteiger charge is -2.37. The average molecular weight is 222 g/mol. The molecule has 0 bridgehead atoms. The standard InChI is InChI=1S/C8H9F3N2O2/c9-8(10,11)6(1-12)4-13-2-5(3-13)7(14)15/h5-6H,2-4H2,(H,14,15). The second-order valence-electron chi connectivity index (χ2n) is 3.48. The summed E-state index contributed by atoms with van der Waals surface area (Å²) in [4.78, 5) is 11.7. The van der Waals surface area contributed by atoms with Crippen LogP contribution in [0, 0.1) is 23.2 Å². The maximum Gasteiger partial charge on any atom is 0.405 e. The van der Waals surface area contributed by atoms with E-state index in [1.165, 1.54) is 11.0 Å². The van der Waals surface area contributed by atoms with Gasteiger partial charge in [0.25, 0.3) is 0 Å². The van der Waals surface area contributed by atoms with E-state index in [9.17, 15) is 18.0 Å². The van der Waals surface area contributed by atoms with Crippen LogP contribution >= 0.6 is 0 Å². The zero-order chi connectivity index (χ0) is 11.6. The molecule has 0 aromatic rings. The minimum Gasteiger partial charge on any atom is -0.481 e. The van der Waals surface area contributed by atoms with Crippen LogP contribution in [-0.2, 0) is 4.79 Å². The van der Waals surface area contributed by atoms with Gasteiger partial charge in [-0.25, -0.2) is 0 Å². The zero-order valence-corrected chi connectivity index (χ0v) is 7.66. The number of nitrogens with zero attached hydrogens (tertiary/aromatic N) is 2. The lowest BCUT2D eigenvalue weighted by atomic mass is 9.98. The van der Waals surface area contributed by atoms with Gasteiger partial charge in [-0.2, -0.15) is 18.4 Å². The third-order valence-corrected chi connectivity index (χ3v) is 2.30. The topological polar surface area (TPSA) is 64.3 Å². The number of aliphatic carboxylic acids is 1. The molecule has 1 aliphatic rings. The number of carbonyl (C=O) groups is 1. The molecule has 1 rings (SSSR count). The van der Waals surface area contributed by atoms with E-state index in [-0.39, 0.29) is 13.1 Å². The fraction of sp³-hybridized carbons (Fsp3) is 0.750. The SMILES string of the molecule is N#CC(CN1CC(C(=O)O)C1)C(F)(F)F. The molecule has 1 heterocycles. The molecule has 0 saturated carbocycles. The molecule has 0 aromatic heterocycles. The summed E-state index contributed by atoms with van der Waals surface area (Å²) in [5.41, 5.74) is 0. The van der Waals surface area contributed by atoms with Crippen LogP contribution in [0.15, 0.2) is 0 Å². The second kappa shape index (κ2) is 4.06. The van der Waals surface area contributed by atoms with Gasteiger partial charge >= 0.3 is 12.1 Å². The van der Waals surface area contributed by atoms with Crippen LogP contribution in [0.4, 0.5) is 13.2 Å². The number of carboxylic acids is 1. The van der Waals surface area contributed by atoms with Crippen LogP contribution in [0.1, 0.15) is 0 Å². The predicted molar refractivity (Wildman–Crippen MR) is 42.7 cm³/mol. The molecule has 7 heteroatoms. The molecule has 0 radical (unpaired) electrons. The normalized spacial score (nSPS) is 20.4. The summed E-state index contributed by atoms with van der Waals surface area (Å²) < 4.78 is 36.4. The molecule has 1 unspecified atom stereocenters. The first-order valence-electron chi connectivity index (χ1n) is 4.26. The lowest BCUT2D eigenvalue weighted by Crippen LogP contribution is -2.53. The summed E-state index contributed by atoms with van der Waals surface area (Å²) >= 11 is 0. The summed E-state index contributed by atoms with van der Waals surface area (Å²) in [6, 6.07) is 1.17. The molecule has 0 spiro atoms. The summed E-state index contributed by atoms with van der Waals surface area (Å²) in [6.45, 7) is -0.267. The lowest BCUT2D eigenvalue weighted by molar-refractivity contribution is -0.169. The third-order valence-electron chi connectivity index (χ3n) is 2.30. The van der Waals surface area contributed by atoms with Crippen molar-refractivity contribution < 1.29 is 23.1 Å². The first-order valence-corrected chi connectivity index (χ1v) is 4.26. The molecule has 1 atom stereocenters. The molecular weight excluding hydrogens is 213 g/mol. The Morgan fingerprint density at radius 2 is 2.13 bits per heavy atom. The highest BCUT2D eigenvalue weighted by Crippen LogP contribution is 2.28. The van der Waals surface area contributed by atoms with Crippen molar-refractivity contribution in [3.05, 3.63) is 0 Å². The summed E-state index contributed by atoms with van der Waals surface area (Å²) in [7, 11) is 0. The third kappa shape index (κ3) is 2.83. The number of nitriles is 1. The van der Waals surface area contributed by atoms with Crippen LogP contribution in [0.25, 0.3) is 0 Å². The maximum atomic E-state index is 12.1. The van der Waals surface area contributed by atoms with E-state index in [0.29, 0.717) is 0 Å². The minimum atomic E-state index is -4.54. The van der Waals surface area contributed by atoms with Crippen molar-refractivity contribution in [1.82, 2.24) is 4.90 Å².